The first-order chi connectivity index (χ1) is 10.5. The van der Waals surface area contributed by atoms with Gasteiger partial charge in [0.25, 0.3) is 0 Å². The van der Waals surface area contributed by atoms with Crippen LogP contribution < -0.4 is 4.90 Å². The van der Waals surface area contributed by atoms with Gasteiger partial charge in [0.2, 0.25) is 0 Å². The van der Waals surface area contributed by atoms with Gasteiger partial charge in [-0.15, -0.1) is 0 Å². The highest BCUT2D eigenvalue weighted by molar-refractivity contribution is 7.90. The first-order valence-corrected chi connectivity index (χ1v) is 8.91. The molecule has 3 rings (SSSR count). The van der Waals surface area contributed by atoms with Gasteiger partial charge in [0.1, 0.15) is 12.7 Å². The van der Waals surface area contributed by atoms with Crippen LogP contribution in [0.4, 0.5) is 5.69 Å². The third-order valence-electron chi connectivity index (χ3n) is 3.60. The zero-order valence-electron chi connectivity index (χ0n) is 12.3. The highest BCUT2D eigenvalue weighted by Crippen LogP contribution is 2.26. The summed E-state index contributed by atoms with van der Waals surface area (Å²) < 4.78 is 31.4. The Morgan fingerprint density at radius 2 is 2.18 bits per heavy atom. The van der Waals surface area contributed by atoms with E-state index in [2.05, 4.69) is 15.0 Å². The fraction of sp³-hybridized carbons (Fsp3) is 0.429. The molecule has 0 saturated carbocycles. The van der Waals surface area contributed by atoms with Crippen molar-refractivity contribution in [3.8, 4) is 0 Å². The molecule has 0 radical (unpaired) electrons. The lowest BCUT2D eigenvalue weighted by molar-refractivity contribution is 0.0272. The van der Waals surface area contributed by atoms with Gasteiger partial charge < -0.3 is 9.64 Å². The van der Waals surface area contributed by atoms with Crippen molar-refractivity contribution in [3.05, 3.63) is 36.9 Å². The van der Waals surface area contributed by atoms with Crippen molar-refractivity contribution in [2.45, 2.75) is 17.5 Å². The molecule has 7 nitrogen and oxygen atoms in total. The molecule has 1 unspecified atom stereocenters. The van der Waals surface area contributed by atoms with E-state index in [-0.39, 0.29) is 6.10 Å². The maximum absolute atomic E-state index is 12.0. The van der Waals surface area contributed by atoms with E-state index in [1.54, 1.807) is 23.1 Å². The van der Waals surface area contributed by atoms with Crippen LogP contribution in [0.25, 0.3) is 0 Å². The SMILES string of the molecule is CS(=O)(=O)c1ccccc1N1CCOC(Cn2cncn2)C1. The van der Waals surface area contributed by atoms with Gasteiger partial charge in [0.05, 0.1) is 29.8 Å². The van der Waals surface area contributed by atoms with Crippen molar-refractivity contribution < 1.29 is 13.2 Å². The Bertz CT molecular complexity index is 730. The molecule has 1 aromatic carbocycles. The number of benzene rings is 1. The van der Waals surface area contributed by atoms with E-state index in [1.165, 1.54) is 12.6 Å². The molecule has 1 atom stereocenters. The van der Waals surface area contributed by atoms with E-state index >= 15 is 0 Å². The summed E-state index contributed by atoms with van der Waals surface area (Å²) in [5.74, 6) is 0. The molecule has 0 spiro atoms. The fourth-order valence-electron chi connectivity index (χ4n) is 2.62. The predicted molar refractivity (Wildman–Crippen MR) is 81.5 cm³/mol. The molecule has 2 heterocycles. The lowest BCUT2D eigenvalue weighted by Crippen LogP contribution is -2.44. The van der Waals surface area contributed by atoms with Crippen LogP contribution in [0, 0.1) is 0 Å². The van der Waals surface area contributed by atoms with Gasteiger partial charge >= 0.3 is 0 Å². The fourth-order valence-corrected chi connectivity index (χ4v) is 3.52. The summed E-state index contributed by atoms with van der Waals surface area (Å²) in [5, 5.41) is 4.08. The molecule has 0 bridgehead atoms. The van der Waals surface area contributed by atoms with Crippen LogP contribution in [-0.2, 0) is 21.1 Å². The quantitative estimate of drug-likeness (QED) is 0.820. The average Bonchev–Trinajstić information content (AvgIpc) is 3.00. The van der Waals surface area contributed by atoms with E-state index in [1.807, 2.05) is 12.1 Å². The molecule has 1 aliphatic rings. The highest BCUT2D eigenvalue weighted by atomic mass is 32.2. The lowest BCUT2D eigenvalue weighted by Gasteiger charge is -2.35. The van der Waals surface area contributed by atoms with Crippen LogP contribution >= 0.6 is 0 Å². The number of hydrogen-bond acceptors (Lipinski definition) is 6. The van der Waals surface area contributed by atoms with Crippen LogP contribution in [0.1, 0.15) is 0 Å². The Morgan fingerprint density at radius 3 is 2.91 bits per heavy atom. The summed E-state index contributed by atoms with van der Waals surface area (Å²) in [4.78, 5) is 6.33. The van der Waals surface area contributed by atoms with Gasteiger partial charge in [-0.3, -0.25) is 4.68 Å². The number of ether oxygens (including phenoxy) is 1. The molecule has 1 aromatic heterocycles. The normalized spacial score (nSPS) is 19.3. The van der Waals surface area contributed by atoms with Crippen LogP contribution in [0.15, 0.2) is 41.8 Å². The Labute approximate surface area is 129 Å². The van der Waals surface area contributed by atoms with Crippen LogP contribution in [0.5, 0.6) is 0 Å². The minimum atomic E-state index is -3.26. The highest BCUT2D eigenvalue weighted by Gasteiger charge is 2.25. The van der Waals surface area contributed by atoms with Crippen molar-refractivity contribution in [2.24, 2.45) is 0 Å². The minimum absolute atomic E-state index is 0.0527. The first-order valence-electron chi connectivity index (χ1n) is 7.02. The van der Waals surface area contributed by atoms with Crippen molar-refractivity contribution in [3.63, 3.8) is 0 Å². The number of nitrogens with zero attached hydrogens (tertiary/aromatic N) is 4. The number of morpholine rings is 1. The van der Waals surface area contributed by atoms with Gasteiger partial charge in [-0.05, 0) is 12.1 Å². The summed E-state index contributed by atoms with van der Waals surface area (Å²) in [6, 6.07) is 7.08. The smallest absolute Gasteiger partial charge is 0.177 e. The maximum atomic E-state index is 12.0. The summed E-state index contributed by atoms with van der Waals surface area (Å²) in [5.41, 5.74) is 0.733. The maximum Gasteiger partial charge on any atom is 0.177 e. The van der Waals surface area contributed by atoms with E-state index in [9.17, 15) is 8.42 Å². The Morgan fingerprint density at radius 1 is 1.36 bits per heavy atom. The average molecular weight is 322 g/mol. The molecule has 22 heavy (non-hydrogen) atoms. The van der Waals surface area contributed by atoms with E-state index < -0.39 is 9.84 Å². The van der Waals surface area contributed by atoms with Crippen LogP contribution in [0.3, 0.4) is 0 Å². The Hall–Kier alpha value is -1.93. The molecule has 0 N–H and O–H groups in total. The molecule has 1 fully saturated rings. The number of rotatable bonds is 4. The molecular formula is C14H18N4O3S. The number of anilines is 1. The molecule has 118 valence electrons. The van der Waals surface area contributed by atoms with E-state index in [0.29, 0.717) is 31.1 Å². The molecule has 1 saturated heterocycles. The van der Waals surface area contributed by atoms with Crippen molar-refractivity contribution >= 4 is 15.5 Å². The number of aromatic nitrogens is 3. The summed E-state index contributed by atoms with van der Waals surface area (Å²) in [7, 11) is -3.26. The van der Waals surface area contributed by atoms with Crippen molar-refractivity contribution in [2.75, 3.05) is 30.9 Å². The summed E-state index contributed by atoms with van der Waals surface area (Å²) >= 11 is 0. The predicted octanol–water partition coefficient (Wildman–Crippen LogP) is 0.587. The second-order valence-corrected chi connectivity index (χ2v) is 7.28. The number of sulfone groups is 1. The first kappa shape index (κ1) is 15.0. The number of hydrogen-bond donors (Lipinski definition) is 0. The molecule has 0 aliphatic carbocycles. The number of para-hydroxylation sites is 1. The van der Waals surface area contributed by atoms with Gasteiger partial charge in [-0.2, -0.15) is 5.10 Å². The van der Waals surface area contributed by atoms with Crippen LogP contribution in [0.2, 0.25) is 0 Å². The third kappa shape index (κ3) is 3.28. The molecule has 1 aliphatic heterocycles. The molecule has 2 aromatic rings. The second-order valence-electron chi connectivity index (χ2n) is 5.30. The lowest BCUT2D eigenvalue weighted by atomic mass is 10.2. The topological polar surface area (TPSA) is 77.3 Å². The monoisotopic (exact) mass is 322 g/mol. The molecule has 8 heteroatoms. The van der Waals surface area contributed by atoms with Gasteiger partial charge in [-0.1, -0.05) is 12.1 Å². The Kier molecular flexibility index (Phi) is 4.12. The van der Waals surface area contributed by atoms with Gasteiger partial charge in [0, 0.05) is 19.3 Å². The third-order valence-corrected chi connectivity index (χ3v) is 4.75. The molecule has 0 amide bonds. The minimum Gasteiger partial charge on any atom is -0.373 e. The largest absolute Gasteiger partial charge is 0.373 e. The summed E-state index contributed by atoms with van der Waals surface area (Å²) in [6.45, 7) is 2.43. The van der Waals surface area contributed by atoms with E-state index in [0.717, 1.165) is 5.69 Å². The zero-order chi connectivity index (χ0) is 15.6. The van der Waals surface area contributed by atoms with Gasteiger partial charge in [0.15, 0.2) is 9.84 Å². The standard InChI is InChI=1S/C14H18N4O3S/c1-22(19,20)14-5-3-2-4-13(14)17-6-7-21-12(8-17)9-18-11-15-10-16-18/h2-5,10-12H,6-9H2,1H3. The Balaban J connectivity index is 1.80. The van der Waals surface area contributed by atoms with Crippen molar-refractivity contribution in [1.29, 1.82) is 0 Å². The van der Waals surface area contributed by atoms with Crippen molar-refractivity contribution in [1.82, 2.24) is 14.8 Å². The van der Waals surface area contributed by atoms with Crippen LogP contribution in [-0.4, -0.2) is 55.2 Å². The van der Waals surface area contributed by atoms with Gasteiger partial charge in [-0.25, -0.2) is 13.4 Å². The molecular weight excluding hydrogens is 304 g/mol. The second kappa shape index (κ2) is 6.05. The summed E-state index contributed by atoms with van der Waals surface area (Å²) in [6.07, 6.45) is 4.31. The van der Waals surface area contributed by atoms with E-state index in [4.69, 9.17) is 4.74 Å². The zero-order valence-corrected chi connectivity index (χ0v) is 13.1.